The van der Waals surface area contributed by atoms with Gasteiger partial charge >= 0.3 is 0 Å². The maximum atomic E-state index is 11.8. The second-order valence-electron chi connectivity index (χ2n) is 2.86. The Balaban J connectivity index is 3.43. The Kier molecular flexibility index (Phi) is 4.23. The summed E-state index contributed by atoms with van der Waals surface area (Å²) in [6, 6.07) is 0. The van der Waals surface area contributed by atoms with Crippen molar-refractivity contribution >= 4 is 44.6 Å². The van der Waals surface area contributed by atoms with Gasteiger partial charge in [-0.05, 0) is 6.42 Å². The molecule has 0 amide bonds. The third-order valence-electron chi connectivity index (χ3n) is 1.67. The Morgan fingerprint density at radius 1 is 1.33 bits per heavy atom. The summed E-state index contributed by atoms with van der Waals surface area (Å²) < 4.78 is 23.5. The van der Waals surface area contributed by atoms with Gasteiger partial charge in [0.1, 0.15) is 10.0 Å². The first-order valence-corrected chi connectivity index (χ1v) is 6.91. The van der Waals surface area contributed by atoms with Gasteiger partial charge in [0.25, 0.3) is 0 Å². The molecule has 0 aromatic carbocycles. The van der Waals surface area contributed by atoms with Crippen LogP contribution in [0.5, 0.6) is 0 Å². The van der Waals surface area contributed by atoms with E-state index >= 15 is 0 Å². The highest BCUT2D eigenvalue weighted by Crippen LogP contribution is 2.33. The lowest BCUT2D eigenvalue weighted by Crippen LogP contribution is -2.08. The number of aromatic nitrogens is 1. The van der Waals surface area contributed by atoms with E-state index in [9.17, 15) is 8.42 Å². The molecule has 84 valence electrons. The Morgan fingerprint density at radius 3 is 2.47 bits per heavy atom. The molecular weight excluding hydrogens is 281 g/mol. The standard InChI is InChI=1S/C8H8Cl3NO2S/c1-2-3-15(13,14)7-5(9)4-12-8(11)6(7)10/h4H,2-3H2,1H3. The van der Waals surface area contributed by atoms with Gasteiger partial charge in [0.2, 0.25) is 0 Å². The lowest BCUT2D eigenvalue weighted by atomic mass is 10.5. The first-order chi connectivity index (χ1) is 6.90. The average molecular weight is 289 g/mol. The van der Waals surface area contributed by atoms with E-state index in [2.05, 4.69) is 4.98 Å². The zero-order chi connectivity index (χ0) is 11.6. The molecule has 3 nitrogen and oxygen atoms in total. The number of nitrogens with zero attached hydrogens (tertiary/aromatic N) is 1. The molecule has 1 heterocycles. The number of sulfone groups is 1. The lowest BCUT2D eigenvalue weighted by Gasteiger charge is -2.07. The summed E-state index contributed by atoms with van der Waals surface area (Å²) in [5, 5.41) is -0.175. The fraction of sp³-hybridized carbons (Fsp3) is 0.375. The van der Waals surface area contributed by atoms with Gasteiger partial charge in [-0.3, -0.25) is 0 Å². The van der Waals surface area contributed by atoms with Crippen molar-refractivity contribution in [3.05, 3.63) is 21.4 Å². The van der Waals surface area contributed by atoms with Crippen LogP contribution < -0.4 is 0 Å². The van der Waals surface area contributed by atoms with Crippen molar-refractivity contribution in [1.82, 2.24) is 4.98 Å². The van der Waals surface area contributed by atoms with Gasteiger partial charge < -0.3 is 0 Å². The Bertz CT molecular complexity index is 473. The summed E-state index contributed by atoms with van der Waals surface area (Å²) in [4.78, 5) is 3.52. The normalized spacial score (nSPS) is 11.7. The highest BCUT2D eigenvalue weighted by Gasteiger charge is 2.23. The van der Waals surface area contributed by atoms with Gasteiger partial charge in [-0.2, -0.15) is 0 Å². The molecular formula is C8H8Cl3NO2S. The fourth-order valence-corrected chi connectivity index (χ4v) is 3.79. The van der Waals surface area contributed by atoms with E-state index in [1.165, 1.54) is 6.20 Å². The first-order valence-electron chi connectivity index (χ1n) is 4.12. The zero-order valence-corrected chi connectivity index (χ0v) is 10.9. The fourth-order valence-electron chi connectivity index (χ4n) is 1.08. The first kappa shape index (κ1) is 13.0. The number of hydrogen-bond donors (Lipinski definition) is 0. The third kappa shape index (κ3) is 2.75. The van der Waals surface area contributed by atoms with Gasteiger partial charge in [0.15, 0.2) is 9.84 Å². The van der Waals surface area contributed by atoms with Crippen molar-refractivity contribution in [2.45, 2.75) is 18.2 Å². The highest BCUT2D eigenvalue weighted by molar-refractivity contribution is 7.91. The van der Waals surface area contributed by atoms with Crippen LogP contribution in [0.2, 0.25) is 15.2 Å². The van der Waals surface area contributed by atoms with Gasteiger partial charge in [-0.1, -0.05) is 41.7 Å². The van der Waals surface area contributed by atoms with Gasteiger partial charge in [-0.25, -0.2) is 13.4 Å². The van der Waals surface area contributed by atoms with Crippen LogP contribution in [0.3, 0.4) is 0 Å². The maximum Gasteiger partial charge on any atom is 0.181 e. The summed E-state index contributed by atoms with van der Waals surface area (Å²) in [6.45, 7) is 1.75. The number of halogens is 3. The summed E-state index contributed by atoms with van der Waals surface area (Å²) in [7, 11) is -3.48. The van der Waals surface area contributed by atoms with E-state index in [0.29, 0.717) is 6.42 Å². The average Bonchev–Trinajstić information content (AvgIpc) is 2.11. The quantitative estimate of drug-likeness (QED) is 0.802. The molecule has 1 rings (SSSR count). The predicted molar refractivity (Wildman–Crippen MR) is 61.6 cm³/mol. The number of rotatable bonds is 3. The molecule has 0 saturated heterocycles. The molecule has 7 heteroatoms. The maximum absolute atomic E-state index is 11.8. The van der Waals surface area contributed by atoms with E-state index < -0.39 is 9.84 Å². The van der Waals surface area contributed by atoms with Crippen molar-refractivity contribution in [3.63, 3.8) is 0 Å². The summed E-state index contributed by atoms with van der Waals surface area (Å²) in [5.41, 5.74) is 0. The van der Waals surface area contributed by atoms with Crippen molar-refractivity contribution in [2.75, 3.05) is 5.75 Å². The van der Waals surface area contributed by atoms with Crippen LogP contribution in [0.4, 0.5) is 0 Å². The molecule has 1 aromatic rings. The SMILES string of the molecule is CCCS(=O)(=O)c1c(Cl)cnc(Cl)c1Cl. The molecule has 0 fully saturated rings. The summed E-state index contributed by atoms with van der Waals surface area (Å²) in [5.74, 6) is -0.0210. The van der Waals surface area contributed by atoms with E-state index in [4.69, 9.17) is 34.8 Å². The lowest BCUT2D eigenvalue weighted by molar-refractivity contribution is 0.594. The van der Waals surface area contributed by atoms with E-state index in [1.54, 1.807) is 6.92 Å². The van der Waals surface area contributed by atoms with Gasteiger partial charge in [0.05, 0.1) is 15.8 Å². The minimum atomic E-state index is -3.48. The molecule has 0 aliphatic carbocycles. The molecule has 0 spiro atoms. The Hall–Kier alpha value is -0.0300. The van der Waals surface area contributed by atoms with E-state index in [0.717, 1.165) is 0 Å². The van der Waals surface area contributed by atoms with Crippen LogP contribution >= 0.6 is 34.8 Å². The van der Waals surface area contributed by atoms with Gasteiger partial charge in [-0.15, -0.1) is 0 Å². The van der Waals surface area contributed by atoms with E-state index in [-0.39, 0.29) is 25.8 Å². The topological polar surface area (TPSA) is 47.0 Å². The zero-order valence-electron chi connectivity index (χ0n) is 7.80. The minimum Gasteiger partial charge on any atom is -0.241 e. The minimum absolute atomic E-state index is 0.00199. The molecule has 0 unspecified atom stereocenters. The summed E-state index contributed by atoms with van der Waals surface area (Å²) >= 11 is 17.1. The second kappa shape index (κ2) is 4.87. The van der Waals surface area contributed by atoms with Crippen LogP contribution in [-0.2, 0) is 9.84 Å². The molecule has 1 aromatic heterocycles. The smallest absolute Gasteiger partial charge is 0.181 e. The molecule has 0 saturated carbocycles. The monoisotopic (exact) mass is 287 g/mol. The predicted octanol–water partition coefficient (Wildman–Crippen LogP) is 3.23. The summed E-state index contributed by atoms with van der Waals surface area (Å²) in [6.07, 6.45) is 1.66. The Morgan fingerprint density at radius 2 is 1.93 bits per heavy atom. The molecule has 0 bridgehead atoms. The largest absolute Gasteiger partial charge is 0.241 e. The van der Waals surface area contributed by atoms with Crippen molar-refractivity contribution in [3.8, 4) is 0 Å². The van der Waals surface area contributed by atoms with Crippen molar-refractivity contribution < 1.29 is 8.42 Å². The van der Waals surface area contributed by atoms with Crippen molar-refractivity contribution in [2.24, 2.45) is 0 Å². The van der Waals surface area contributed by atoms with Crippen LogP contribution in [0.15, 0.2) is 11.1 Å². The Labute approximate surface area is 103 Å². The highest BCUT2D eigenvalue weighted by atomic mass is 35.5. The molecule has 0 aliphatic rings. The van der Waals surface area contributed by atoms with Crippen LogP contribution in [0, 0.1) is 0 Å². The second-order valence-corrected chi connectivity index (χ2v) is 6.05. The molecule has 15 heavy (non-hydrogen) atoms. The van der Waals surface area contributed by atoms with Crippen LogP contribution in [-0.4, -0.2) is 19.2 Å². The van der Waals surface area contributed by atoms with E-state index in [1.807, 2.05) is 0 Å². The van der Waals surface area contributed by atoms with Crippen molar-refractivity contribution in [1.29, 1.82) is 0 Å². The molecule has 0 radical (unpaired) electrons. The number of pyridine rings is 1. The van der Waals surface area contributed by atoms with Crippen LogP contribution in [0.25, 0.3) is 0 Å². The molecule has 0 N–H and O–H groups in total. The van der Waals surface area contributed by atoms with Crippen LogP contribution in [0.1, 0.15) is 13.3 Å². The molecule has 0 aliphatic heterocycles. The number of hydrogen-bond acceptors (Lipinski definition) is 3. The van der Waals surface area contributed by atoms with Gasteiger partial charge in [0, 0.05) is 6.20 Å². The molecule has 0 atom stereocenters. The third-order valence-corrected chi connectivity index (χ3v) is 4.93.